The molecule has 1 aromatic heterocycles. The van der Waals surface area contributed by atoms with Gasteiger partial charge in [0.1, 0.15) is 17.3 Å². The van der Waals surface area contributed by atoms with Gasteiger partial charge < -0.3 is 15.0 Å². The summed E-state index contributed by atoms with van der Waals surface area (Å²) in [5, 5.41) is 3.22. The molecule has 0 fully saturated rings. The molecule has 186 valence electrons. The molecule has 2 amide bonds. The minimum absolute atomic E-state index is 0.0434. The number of unbranched alkanes of at least 4 members (excludes halogenated alkanes) is 1. The molecule has 0 unspecified atom stereocenters. The molecule has 8 nitrogen and oxygen atoms in total. The summed E-state index contributed by atoms with van der Waals surface area (Å²) in [6.07, 6.45) is 3.63. The largest absolute Gasteiger partial charge is 0.491 e. The summed E-state index contributed by atoms with van der Waals surface area (Å²) in [5.41, 5.74) is 0.171. The van der Waals surface area contributed by atoms with E-state index in [2.05, 4.69) is 34.0 Å². The molecule has 34 heavy (non-hydrogen) atoms. The topological polar surface area (TPSA) is 73.8 Å². The van der Waals surface area contributed by atoms with E-state index in [4.69, 9.17) is 4.74 Å². The van der Waals surface area contributed by atoms with Gasteiger partial charge in [-0.25, -0.2) is 18.6 Å². The maximum Gasteiger partial charge on any atom is 0.330 e. The van der Waals surface area contributed by atoms with Crippen molar-refractivity contribution in [3.63, 3.8) is 0 Å². The highest BCUT2D eigenvalue weighted by Crippen LogP contribution is 2.36. The fourth-order valence-electron chi connectivity index (χ4n) is 4.00. The van der Waals surface area contributed by atoms with Crippen molar-refractivity contribution in [3.8, 4) is 5.75 Å². The number of anilines is 3. The van der Waals surface area contributed by atoms with Crippen molar-refractivity contribution in [2.75, 3.05) is 54.4 Å². The van der Waals surface area contributed by atoms with Crippen molar-refractivity contribution < 1.29 is 18.3 Å². The third-order valence-corrected chi connectivity index (χ3v) is 5.88. The van der Waals surface area contributed by atoms with Crippen LogP contribution in [0.15, 0.2) is 18.3 Å². The molecule has 0 saturated carbocycles. The average Bonchev–Trinajstić information content (AvgIpc) is 2.84. The van der Waals surface area contributed by atoms with Crippen molar-refractivity contribution in [1.82, 2.24) is 14.9 Å². The zero-order chi connectivity index (χ0) is 24.7. The minimum Gasteiger partial charge on any atom is -0.491 e. The predicted molar refractivity (Wildman–Crippen MR) is 130 cm³/mol. The van der Waals surface area contributed by atoms with Crippen molar-refractivity contribution in [2.45, 2.75) is 47.1 Å². The van der Waals surface area contributed by atoms with Crippen LogP contribution in [0.2, 0.25) is 0 Å². The second-order valence-electron chi connectivity index (χ2n) is 7.96. The Labute approximate surface area is 199 Å². The number of nitrogens with zero attached hydrogens (tertiary/aromatic N) is 5. The number of carbonyl (C=O) groups is 1. The van der Waals surface area contributed by atoms with Crippen LogP contribution in [-0.4, -0.2) is 60.2 Å². The van der Waals surface area contributed by atoms with Crippen molar-refractivity contribution >= 4 is 23.5 Å². The van der Waals surface area contributed by atoms with E-state index in [1.54, 1.807) is 20.0 Å². The van der Waals surface area contributed by atoms with Crippen molar-refractivity contribution in [3.05, 3.63) is 35.5 Å². The fourth-order valence-corrected chi connectivity index (χ4v) is 4.00. The number of amides is 2. The van der Waals surface area contributed by atoms with Gasteiger partial charge in [-0.1, -0.05) is 13.8 Å². The molecule has 2 heterocycles. The molecule has 10 heteroatoms. The van der Waals surface area contributed by atoms with Crippen LogP contribution < -0.4 is 19.9 Å². The first kappa shape index (κ1) is 25.6. The van der Waals surface area contributed by atoms with Crippen LogP contribution in [0.4, 0.5) is 31.0 Å². The highest BCUT2D eigenvalue weighted by atomic mass is 19.1. The van der Waals surface area contributed by atoms with Gasteiger partial charge in [0.15, 0.2) is 11.6 Å². The van der Waals surface area contributed by atoms with E-state index in [1.807, 2.05) is 0 Å². The lowest BCUT2D eigenvalue weighted by atomic mass is 10.1. The zero-order valence-corrected chi connectivity index (χ0v) is 20.4. The molecule has 0 spiro atoms. The van der Waals surface area contributed by atoms with E-state index in [1.165, 1.54) is 11.0 Å². The molecule has 1 aliphatic heterocycles. The van der Waals surface area contributed by atoms with Gasteiger partial charge in [0, 0.05) is 24.8 Å². The number of halogens is 2. The molecular formula is C24H34F2N6O2. The third-order valence-electron chi connectivity index (χ3n) is 5.88. The van der Waals surface area contributed by atoms with Crippen molar-refractivity contribution in [2.24, 2.45) is 0 Å². The van der Waals surface area contributed by atoms with Gasteiger partial charge in [-0.2, -0.15) is 4.98 Å². The lowest BCUT2D eigenvalue weighted by molar-refractivity contribution is 0.249. The lowest BCUT2D eigenvalue weighted by Gasteiger charge is -2.35. The van der Waals surface area contributed by atoms with E-state index >= 15 is 4.39 Å². The number of urea groups is 1. The Kier molecular flexibility index (Phi) is 8.98. The molecule has 2 aromatic rings. The van der Waals surface area contributed by atoms with Gasteiger partial charge in [0.05, 0.1) is 13.2 Å². The van der Waals surface area contributed by atoms with Crippen LogP contribution in [0, 0.1) is 11.6 Å². The van der Waals surface area contributed by atoms with Crippen LogP contribution in [0.1, 0.15) is 46.1 Å². The Balaban J connectivity index is 1.76. The number of carbonyl (C=O) groups excluding carboxylic acids is 1. The summed E-state index contributed by atoms with van der Waals surface area (Å²) in [7, 11) is 0. The second kappa shape index (κ2) is 11.9. The van der Waals surface area contributed by atoms with Gasteiger partial charge in [0.2, 0.25) is 5.95 Å². The van der Waals surface area contributed by atoms with E-state index in [9.17, 15) is 9.18 Å². The second-order valence-corrected chi connectivity index (χ2v) is 7.96. The third kappa shape index (κ3) is 5.55. The maximum atomic E-state index is 15.0. The fraction of sp³-hybridized carbons (Fsp3) is 0.542. The highest BCUT2D eigenvalue weighted by molar-refractivity contribution is 6.05. The van der Waals surface area contributed by atoms with Crippen LogP contribution in [0.5, 0.6) is 5.75 Å². The number of nitrogens with one attached hydrogen (secondary N) is 1. The van der Waals surface area contributed by atoms with Gasteiger partial charge in [-0.15, -0.1) is 0 Å². The first-order valence-electron chi connectivity index (χ1n) is 12.0. The minimum atomic E-state index is -0.904. The van der Waals surface area contributed by atoms with Crippen LogP contribution in [0.3, 0.4) is 0 Å². The summed E-state index contributed by atoms with van der Waals surface area (Å²) < 4.78 is 34.9. The van der Waals surface area contributed by atoms with E-state index < -0.39 is 23.4 Å². The quantitative estimate of drug-likeness (QED) is 0.450. The Morgan fingerprint density at radius 2 is 1.91 bits per heavy atom. The molecule has 0 saturated heterocycles. The SMILES string of the molecule is CCOc1ccc(F)c(N2Cc3cnc(NCCCCN(CC)CC)nc3N(CC)C2=O)c1F. The monoisotopic (exact) mass is 476 g/mol. The first-order chi connectivity index (χ1) is 16.4. The molecule has 1 aliphatic rings. The smallest absolute Gasteiger partial charge is 0.330 e. The molecule has 3 rings (SSSR count). The summed E-state index contributed by atoms with van der Waals surface area (Å²) in [4.78, 5) is 27.0. The van der Waals surface area contributed by atoms with Crippen LogP contribution >= 0.6 is 0 Å². The molecular weight excluding hydrogens is 442 g/mol. The first-order valence-corrected chi connectivity index (χ1v) is 12.0. The zero-order valence-electron chi connectivity index (χ0n) is 20.4. The molecule has 0 bridgehead atoms. The summed E-state index contributed by atoms with van der Waals surface area (Å²) in [6.45, 7) is 12.1. The summed E-state index contributed by atoms with van der Waals surface area (Å²) in [6, 6.07) is 1.78. The van der Waals surface area contributed by atoms with E-state index in [-0.39, 0.29) is 25.4 Å². The molecule has 1 aromatic carbocycles. The summed E-state index contributed by atoms with van der Waals surface area (Å²) in [5.74, 6) is -0.961. The van der Waals surface area contributed by atoms with Gasteiger partial charge in [0.25, 0.3) is 0 Å². The van der Waals surface area contributed by atoms with Gasteiger partial charge >= 0.3 is 6.03 Å². The van der Waals surface area contributed by atoms with Gasteiger partial charge in [-0.3, -0.25) is 9.80 Å². The van der Waals surface area contributed by atoms with Crippen LogP contribution in [-0.2, 0) is 6.54 Å². The molecule has 0 aliphatic carbocycles. The normalized spacial score (nSPS) is 13.4. The Morgan fingerprint density at radius 3 is 2.59 bits per heavy atom. The molecule has 1 N–H and O–H groups in total. The number of ether oxygens (including phenoxy) is 1. The molecule has 0 radical (unpaired) electrons. The van der Waals surface area contributed by atoms with Crippen LogP contribution in [0.25, 0.3) is 0 Å². The lowest BCUT2D eigenvalue weighted by Crippen LogP contribution is -2.48. The number of rotatable bonds is 12. The number of fused-ring (bicyclic) bond motifs is 1. The predicted octanol–water partition coefficient (Wildman–Crippen LogP) is 4.65. The average molecular weight is 477 g/mol. The Morgan fingerprint density at radius 1 is 1.15 bits per heavy atom. The van der Waals surface area contributed by atoms with Crippen molar-refractivity contribution in [1.29, 1.82) is 0 Å². The van der Waals surface area contributed by atoms with Gasteiger partial charge in [-0.05, 0) is 58.5 Å². The summed E-state index contributed by atoms with van der Waals surface area (Å²) >= 11 is 0. The molecule has 0 atom stereocenters. The number of benzene rings is 1. The maximum absolute atomic E-state index is 15.0. The number of aromatic nitrogens is 2. The Hall–Kier alpha value is -3.01. The number of hydrogen-bond acceptors (Lipinski definition) is 6. The highest BCUT2D eigenvalue weighted by Gasteiger charge is 2.35. The van der Waals surface area contributed by atoms with E-state index in [0.717, 1.165) is 43.4 Å². The standard InChI is InChI=1S/C24H34F2N6O2/c1-5-30(6-2)14-10-9-13-27-23-28-15-17-16-32(24(33)31(7-3)22(17)29-23)21-18(25)11-12-19(20(21)26)34-8-4/h11-12,15H,5-10,13-14,16H2,1-4H3,(H,27,28,29). The Bertz CT molecular complexity index is 986. The van der Waals surface area contributed by atoms with E-state index in [0.29, 0.717) is 23.9 Å². The number of hydrogen-bond donors (Lipinski definition) is 1.